The summed E-state index contributed by atoms with van der Waals surface area (Å²) in [6, 6.07) is 6.90. The molecule has 100 valence electrons. The normalized spacial score (nSPS) is 12.5. The average Bonchev–Trinajstić information content (AvgIpc) is 2.36. The summed E-state index contributed by atoms with van der Waals surface area (Å²) in [7, 11) is 0. The largest absolute Gasteiger partial charge is 0.207 e. The van der Waals surface area contributed by atoms with E-state index in [9.17, 15) is 8.78 Å². The van der Waals surface area contributed by atoms with Crippen LogP contribution in [0.5, 0.6) is 0 Å². The monoisotopic (exact) mass is 320 g/mol. The van der Waals surface area contributed by atoms with Crippen LogP contribution in [0.1, 0.15) is 22.1 Å². The number of hydrogen-bond acceptors (Lipinski definition) is 0. The van der Waals surface area contributed by atoms with Gasteiger partial charge >= 0.3 is 0 Å². The van der Waals surface area contributed by atoms with Gasteiger partial charge in [0.25, 0.3) is 0 Å². The maximum absolute atomic E-state index is 13.9. The molecule has 0 aliphatic carbocycles. The lowest BCUT2D eigenvalue weighted by Gasteiger charge is -2.14. The van der Waals surface area contributed by atoms with Gasteiger partial charge < -0.3 is 0 Å². The third kappa shape index (κ3) is 3.02. The number of rotatable bonds is 2. The molecule has 0 bridgehead atoms. The van der Waals surface area contributed by atoms with Gasteiger partial charge in [-0.3, -0.25) is 0 Å². The van der Waals surface area contributed by atoms with Crippen LogP contribution in [-0.2, 0) is 0 Å². The highest BCUT2D eigenvalue weighted by atomic mass is 35.5. The van der Waals surface area contributed by atoms with E-state index in [0.29, 0.717) is 15.6 Å². The zero-order valence-electron chi connectivity index (χ0n) is 9.85. The third-order valence-corrected chi connectivity index (χ3v) is 3.83. The highest BCUT2D eigenvalue weighted by Crippen LogP contribution is 2.36. The second kappa shape index (κ2) is 5.66. The van der Waals surface area contributed by atoms with E-state index in [-0.39, 0.29) is 11.1 Å². The Morgan fingerprint density at radius 2 is 1.63 bits per heavy atom. The zero-order chi connectivity index (χ0) is 14.2. The van der Waals surface area contributed by atoms with Gasteiger partial charge in [-0.25, -0.2) is 8.78 Å². The molecule has 0 fully saturated rings. The second-order valence-electron chi connectivity index (χ2n) is 4.15. The molecule has 2 aromatic rings. The molecule has 0 nitrogen and oxygen atoms in total. The van der Waals surface area contributed by atoms with E-state index >= 15 is 0 Å². The lowest BCUT2D eigenvalue weighted by Crippen LogP contribution is -2.00. The molecule has 2 rings (SSSR count). The number of alkyl halides is 1. The van der Waals surface area contributed by atoms with Crippen LogP contribution in [0.15, 0.2) is 30.3 Å². The van der Waals surface area contributed by atoms with Crippen LogP contribution in [0, 0.1) is 18.6 Å². The van der Waals surface area contributed by atoms with Crippen LogP contribution in [-0.4, -0.2) is 0 Å². The first kappa shape index (κ1) is 14.6. The van der Waals surface area contributed by atoms with Crippen LogP contribution in [0.2, 0.25) is 10.0 Å². The topological polar surface area (TPSA) is 0 Å². The molecule has 2 aromatic carbocycles. The quantitative estimate of drug-likeness (QED) is 0.603. The number of hydrogen-bond donors (Lipinski definition) is 0. The number of benzene rings is 2. The lowest BCUT2D eigenvalue weighted by molar-refractivity contribution is 0.580. The van der Waals surface area contributed by atoms with Crippen LogP contribution < -0.4 is 0 Å². The molecule has 0 aliphatic rings. The first-order chi connectivity index (χ1) is 8.90. The SMILES string of the molecule is Cc1cc(F)c(C(Cl)c2cc(Cl)ccc2Cl)cc1F. The Balaban J connectivity index is 2.52. The smallest absolute Gasteiger partial charge is 0.128 e. The van der Waals surface area contributed by atoms with E-state index in [0.717, 1.165) is 12.1 Å². The van der Waals surface area contributed by atoms with E-state index < -0.39 is 17.0 Å². The molecule has 0 heterocycles. The van der Waals surface area contributed by atoms with Crippen LogP contribution >= 0.6 is 34.8 Å². The minimum Gasteiger partial charge on any atom is -0.207 e. The molecule has 0 radical (unpaired) electrons. The van der Waals surface area contributed by atoms with Gasteiger partial charge in [0, 0.05) is 15.6 Å². The molecule has 0 spiro atoms. The summed E-state index contributed by atoms with van der Waals surface area (Å²) in [6.07, 6.45) is 0. The summed E-state index contributed by atoms with van der Waals surface area (Å²) in [5.74, 6) is -1.09. The number of aryl methyl sites for hydroxylation is 1. The van der Waals surface area contributed by atoms with Crippen molar-refractivity contribution in [1.29, 1.82) is 0 Å². The molecule has 5 heteroatoms. The first-order valence-electron chi connectivity index (χ1n) is 5.44. The average molecular weight is 322 g/mol. The molecular weight excluding hydrogens is 313 g/mol. The summed E-state index contributed by atoms with van der Waals surface area (Å²) in [5, 5.41) is -0.121. The molecule has 0 saturated carbocycles. The van der Waals surface area contributed by atoms with Gasteiger partial charge in [0.05, 0.1) is 5.38 Å². The van der Waals surface area contributed by atoms with Gasteiger partial charge in [0.15, 0.2) is 0 Å². The Bertz CT molecular complexity index is 626. The van der Waals surface area contributed by atoms with E-state index in [1.54, 1.807) is 18.2 Å². The number of halogens is 5. The highest BCUT2D eigenvalue weighted by molar-refractivity contribution is 6.35. The Labute approximate surface area is 124 Å². The fraction of sp³-hybridized carbons (Fsp3) is 0.143. The zero-order valence-corrected chi connectivity index (χ0v) is 12.1. The van der Waals surface area contributed by atoms with Gasteiger partial charge in [-0.15, -0.1) is 11.6 Å². The van der Waals surface area contributed by atoms with E-state index in [1.807, 2.05) is 0 Å². The summed E-state index contributed by atoms with van der Waals surface area (Å²) in [6.45, 7) is 1.48. The molecule has 1 unspecified atom stereocenters. The summed E-state index contributed by atoms with van der Waals surface area (Å²) < 4.78 is 27.4. The van der Waals surface area contributed by atoms with Crippen molar-refractivity contribution in [3.63, 3.8) is 0 Å². The van der Waals surface area contributed by atoms with Crippen molar-refractivity contribution in [3.8, 4) is 0 Å². The molecule has 0 aromatic heterocycles. The maximum atomic E-state index is 13.9. The van der Waals surface area contributed by atoms with Crippen molar-refractivity contribution in [3.05, 3.63) is 68.7 Å². The minimum absolute atomic E-state index is 0.0360. The van der Waals surface area contributed by atoms with Crippen molar-refractivity contribution in [2.45, 2.75) is 12.3 Å². The molecule has 0 amide bonds. The van der Waals surface area contributed by atoms with Crippen LogP contribution in [0.4, 0.5) is 8.78 Å². The van der Waals surface area contributed by atoms with Gasteiger partial charge in [0.2, 0.25) is 0 Å². The predicted octanol–water partition coefficient (Wildman–Crippen LogP) is 5.91. The maximum Gasteiger partial charge on any atom is 0.128 e. The molecular formula is C14H9Cl3F2. The van der Waals surface area contributed by atoms with Crippen molar-refractivity contribution in [1.82, 2.24) is 0 Å². The van der Waals surface area contributed by atoms with Gasteiger partial charge in [-0.1, -0.05) is 23.2 Å². The third-order valence-electron chi connectivity index (χ3n) is 2.78. The second-order valence-corrected chi connectivity index (χ2v) is 5.43. The van der Waals surface area contributed by atoms with Crippen molar-refractivity contribution in [2.75, 3.05) is 0 Å². The molecule has 0 aliphatic heterocycles. The fourth-order valence-electron chi connectivity index (χ4n) is 1.73. The summed E-state index contributed by atoms with van der Waals surface area (Å²) >= 11 is 18.1. The first-order valence-corrected chi connectivity index (χ1v) is 6.64. The standard InChI is InChI=1S/C14H9Cl3F2/c1-7-4-13(19)10(6-12(7)18)14(17)9-5-8(15)2-3-11(9)16/h2-6,14H,1H3. The molecule has 0 N–H and O–H groups in total. The Hall–Kier alpha value is -0.830. The van der Waals surface area contributed by atoms with Crippen LogP contribution in [0.3, 0.4) is 0 Å². The van der Waals surface area contributed by atoms with Gasteiger partial charge in [0.1, 0.15) is 11.6 Å². The molecule has 0 saturated heterocycles. The molecule has 1 atom stereocenters. The predicted molar refractivity (Wildman–Crippen MR) is 75.3 cm³/mol. The lowest BCUT2D eigenvalue weighted by atomic mass is 10.0. The van der Waals surface area contributed by atoms with Crippen molar-refractivity contribution in [2.24, 2.45) is 0 Å². The Kier molecular flexibility index (Phi) is 4.34. The van der Waals surface area contributed by atoms with E-state index in [4.69, 9.17) is 34.8 Å². The summed E-state index contributed by atoms with van der Waals surface area (Å²) in [5.41, 5.74) is 0.703. The van der Waals surface area contributed by atoms with E-state index in [1.165, 1.54) is 6.92 Å². The van der Waals surface area contributed by atoms with Crippen molar-refractivity contribution < 1.29 is 8.78 Å². The van der Waals surface area contributed by atoms with Crippen LogP contribution in [0.25, 0.3) is 0 Å². The Morgan fingerprint density at radius 1 is 0.947 bits per heavy atom. The summed E-state index contributed by atoms with van der Waals surface area (Å²) in [4.78, 5) is 0. The Morgan fingerprint density at radius 3 is 2.32 bits per heavy atom. The minimum atomic E-state index is -0.902. The fourth-order valence-corrected chi connectivity index (χ4v) is 2.54. The van der Waals surface area contributed by atoms with Gasteiger partial charge in [-0.05, 0) is 48.4 Å². The highest BCUT2D eigenvalue weighted by Gasteiger charge is 2.20. The van der Waals surface area contributed by atoms with Crippen molar-refractivity contribution >= 4 is 34.8 Å². The molecule has 19 heavy (non-hydrogen) atoms. The van der Waals surface area contributed by atoms with E-state index in [2.05, 4.69) is 0 Å². The van der Waals surface area contributed by atoms with Gasteiger partial charge in [-0.2, -0.15) is 0 Å².